The van der Waals surface area contributed by atoms with Crippen LogP contribution in [-0.2, 0) is 35.5 Å². The van der Waals surface area contributed by atoms with Crippen LogP contribution in [0.5, 0.6) is 0 Å². The number of amides is 1. The number of carbonyl (C=O) groups excluding carboxylic acids is 1. The zero-order valence-electron chi connectivity index (χ0n) is 13.7. The van der Waals surface area contributed by atoms with E-state index in [-0.39, 0.29) is 17.2 Å². The van der Waals surface area contributed by atoms with E-state index in [9.17, 15) is 4.79 Å². The van der Waals surface area contributed by atoms with Crippen molar-refractivity contribution in [3.63, 3.8) is 0 Å². The van der Waals surface area contributed by atoms with Gasteiger partial charge < -0.3 is 14.6 Å². The van der Waals surface area contributed by atoms with Gasteiger partial charge in [-0.05, 0) is 31.4 Å². The van der Waals surface area contributed by atoms with Crippen molar-refractivity contribution in [1.82, 2.24) is 25.2 Å². The summed E-state index contributed by atoms with van der Waals surface area (Å²) in [6.07, 6.45) is 2.50. The van der Waals surface area contributed by atoms with E-state index in [0.29, 0.717) is 31.8 Å². The Kier molecular flexibility index (Phi) is 5.15. The second-order valence-corrected chi connectivity index (χ2v) is 6.23. The van der Waals surface area contributed by atoms with Gasteiger partial charge in [0, 0.05) is 31.6 Å². The smallest absolute Gasteiger partial charge is 0.229 e. The predicted molar refractivity (Wildman–Crippen MR) is 85.6 cm³/mol. The first-order valence-electron chi connectivity index (χ1n) is 7.88. The minimum absolute atomic E-state index is 0.0163. The fourth-order valence-electron chi connectivity index (χ4n) is 2.85. The van der Waals surface area contributed by atoms with Crippen LogP contribution in [0.15, 0.2) is 4.52 Å². The monoisotopic (exact) mass is 353 g/mol. The van der Waals surface area contributed by atoms with Crippen LogP contribution in [-0.4, -0.2) is 39.0 Å². The standard InChI is InChI=1S/C15H20ClN5O3/c1-9-11(15(16)24-20-9)4-6-14(22)17-10-3-5-13-18-12(8-23-2)19-21(13)7-10/h10H,3-8H2,1-2H3,(H,17,22). The van der Waals surface area contributed by atoms with Gasteiger partial charge in [-0.1, -0.05) is 5.16 Å². The van der Waals surface area contributed by atoms with Crippen molar-refractivity contribution >= 4 is 17.5 Å². The van der Waals surface area contributed by atoms with Crippen LogP contribution in [0.3, 0.4) is 0 Å². The Morgan fingerprint density at radius 2 is 2.38 bits per heavy atom. The van der Waals surface area contributed by atoms with Crippen molar-refractivity contribution < 1.29 is 14.1 Å². The number of rotatable bonds is 6. The van der Waals surface area contributed by atoms with Gasteiger partial charge in [-0.15, -0.1) is 0 Å². The van der Waals surface area contributed by atoms with E-state index < -0.39 is 0 Å². The average Bonchev–Trinajstić information content (AvgIpc) is 3.08. The summed E-state index contributed by atoms with van der Waals surface area (Å²) in [5.74, 6) is 1.61. The zero-order chi connectivity index (χ0) is 17.1. The third-order valence-corrected chi connectivity index (χ3v) is 4.38. The van der Waals surface area contributed by atoms with Crippen molar-refractivity contribution in [1.29, 1.82) is 0 Å². The Labute approximate surface area is 144 Å². The highest BCUT2D eigenvalue weighted by Gasteiger charge is 2.23. The van der Waals surface area contributed by atoms with Crippen LogP contribution in [0.1, 0.15) is 35.7 Å². The van der Waals surface area contributed by atoms with E-state index in [2.05, 4.69) is 20.6 Å². The molecular weight excluding hydrogens is 334 g/mol. The average molecular weight is 354 g/mol. The highest BCUT2D eigenvalue weighted by Crippen LogP contribution is 2.20. The first-order valence-corrected chi connectivity index (χ1v) is 8.26. The Morgan fingerprint density at radius 3 is 3.08 bits per heavy atom. The highest BCUT2D eigenvalue weighted by molar-refractivity contribution is 6.29. The van der Waals surface area contributed by atoms with Crippen LogP contribution >= 0.6 is 11.6 Å². The number of halogens is 1. The number of nitrogens with zero attached hydrogens (tertiary/aromatic N) is 4. The van der Waals surface area contributed by atoms with E-state index >= 15 is 0 Å². The number of ether oxygens (including phenoxy) is 1. The SMILES string of the molecule is COCc1nc2n(n1)CC(NC(=O)CCc1c(C)noc1Cl)CC2. The molecule has 8 nitrogen and oxygen atoms in total. The van der Waals surface area contributed by atoms with E-state index in [1.807, 2.05) is 11.6 Å². The van der Waals surface area contributed by atoms with Gasteiger partial charge in [-0.2, -0.15) is 5.10 Å². The highest BCUT2D eigenvalue weighted by atomic mass is 35.5. The van der Waals surface area contributed by atoms with Crippen LogP contribution in [0.25, 0.3) is 0 Å². The Bertz CT molecular complexity index is 707. The first-order chi connectivity index (χ1) is 11.6. The summed E-state index contributed by atoms with van der Waals surface area (Å²) in [5, 5.41) is 11.5. The van der Waals surface area contributed by atoms with Gasteiger partial charge in [0.25, 0.3) is 0 Å². The van der Waals surface area contributed by atoms with Gasteiger partial charge in [0.15, 0.2) is 5.82 Å². The number of aromatic nitrogens is 4. The van der Waals surface area contributed by atoms with E-state index in [1.165, 1.54) is 0 Å². The van der Waals surface area contributed by atoms with Crippen molar-refractivity contribution in [2.45, 2.75) is 51.8 Å². The molecule has 0 bridgehead atoms. The molecule has 0 saturated heterocycles. The number of fused-ring (bicyclic) bond motifs is 1. The maximum atomic E-state index is 12.2. The molecule has 2 aromatic heterocycles. The lowest BCUT2D eigenvalue weighted by molar-refractivity contribution is -0.122. The van der Waals surface area contributed by atoms with E-state index in [1.54, 1.807) is 7.11 Å². The normalized spacial score (nSPS) is 16.9. The second-order valence-electron chi connectivity index (χ2n) is 5.88. The molecule has 1 unspecified atom stereocenters. The summed E-state index contributed by atoms with van der Waals surface area (Å²) in [6.45, 7) is 2.84. The first kappa shape index (κ1) is 16.9. The number of aryl methyl sites for hydroxylation is 2. The number of hydrogen-bond acceptors (Lipinski definition) is 6. The number of hydrogen-bond donors (Lipinski definition) is 1. The third kappa shape index (κ3) is 3.76. The molecule has 9 heteroatoms. The number of nitrogens with one attached hydrogen (secondary N) is 1. The third-order valence-electron chi connectivity index (χ3n) is 4.08. The fourth-order valence-corrected chi connectivity index (χ4v) is 3.11. The lowest BCUT2D eigenvalue weighted by atomic mass is 10.1. The topological polar surface area (TPSA) is 95.1 Å². The van der Waals surface area contributed by atoms with Crippen LogP contribution in [0.2, 0.25) is 5.22 Å². The molecule has 0 radical (unpaired) electrons. The second kappa shape index (κ2) is 7.31. The molecule has 3 heterocycles. The van der Waals surface area contributed by atoms with Crippen molar-refractivity contribution in [3.05, 3.63) is 28.1 Å². The molecule has 1 aliphatic heterocycles. The molecule has 1 atom stereocenters. The lowest BCUT2D eigenvalue weighted by Gasteiger charge is -2.23. The predicted octanol–water partition coefficient (Wildman–Crippen LogP) is 1.44. The largest absolute Gasteiger partial charge is 0.377 e. The molecular formula is C15H20ClN5O3. The van der Waals surface area contributed by atoms with Gasteiger partial charge >= 0.3 is 0 Å². The lowest BCUT2D eigenvalue weighted by Crippen LogP contribution is -2.41. The fraction of sp³-hybridized carbons (Fsp3) is 0.600. The van der Waals surface area contributed by atoms with Gasteiger partial charge in [-0.25, -0.2) is 9.67 Å². The molecule has 0 fully saturated rings. The minimum atomic E-state index is -0.0163. The van der Waals surface area contributed by atoms with Gasteiger partial charge in [0.1, 0.15) is 12.4 Å². The van der Waals surface area contributed by atoms with Crippen LogP contribution in [0, 0.1) is 6.92 Å². The van der Waals surface area contributed by atoms with Gasteiger partial charge in [-0.3, -0.25) is 4.79 Å². The Hall–Kier alpha value is -1.93. The molecule has 130 valence electrons. The maximum Gasteiger partial charge on any atom is 0.229 e. The molecule has 0 saturated carbocycles. The van der Waals surface area contributed by atoms with Crippen molar-refractivity contribution in [2.75, 3.05) is 7.11 Å². The van der Waals surface area contributed by atoms with E-state index in [4.69, 9.17) is 20.9 Å². The van der Waals surface area contributed by atoms with Crippen LogP contribution < -0.4 is 5.32 Å². The molecule has 0 spiro atoms. The maximum absolute atomic E-state index is 12.2. The molecule has 1 aliphatic rings. The summed E-state index contributed by atoms with van der Waals surface area (Å²) in [6, 6.07) is 0.0566. The molecule has 1 amide bonds. The number of carbonyl (C=O) groups is 1. The zero-order valence-corrected chi connectivity index (χ0v) is 14.5. The minimum Gasteiger partial charge on any atom is -0.377 e. The number of methoxy groups -OCH3 is 1. The Morgan fingerprint density at radius 1 is 1.54 bits per heavy atom. The van der Waals surface area contributed by atoms with Crippen molar-refractivity contribution in [3.8, 4) is 0 Å². The molecule has 24 heavy (non-hydrogen) atoms. The summed E-state index contributed by atoms with van der Waals surface area (Å²) in [5.41, 5.74) is 1.52. The Balaban J connectivity index is 1.52. The summed E-state index contributed by atoms with van der Waals surface area (Å²) in [7, 11) is 1.62. The molecule has 2 aromatic rings. The summed E-state index contributed by atoms with van der Waals surface area (Å²) in [4.78, 5) is 16.6. The molecule has 0 aromatic carbocycles. The molecule has 1 N–H and O–H groups in total. The van der Waals surface area contributed by atoms with Crippen LogP contribution in [0.4, 0.5) is 0 Å². The van der Waals surface area contributed by atoms with E-state index in [0.717, 1.165) is 29.9 Å². The quantitative estimate of drug-likeness (QED) is 0.844. The van der Waals surface area contributed by atoms with Gasteiger partial charge in [0.2, 0.25) is 11.1 Å². The molecule has 0 aliphatic carbocycles. The molecule has 3 rings (SSSR count). The van der Waals surface area contributed by atoms with Crippen molar-refractivity contribution in [2.24, 2.45) is 0 Å². The summed E-state index contributed by atoms with van der Waals surface area (Å²) < 4.78 is 11.8. The summed E-state index contributed by atoms with van der Waals surface area (Å²) >= 11 is 5.91. The van der Waals surface area contributed by atoms with Gasteiger partial charge in [0.05, 0.1) is 12.2 Å².